The third-order valence-corrected chi connectivity index (χ3v) is 3.56. The van der Waals surface area contributed by atoms with E-state index in [2.05, 4.69) is 6.07 Å². The molecule has 21 heavy (non-hydrogen) atoms. The van der Waals surface area contributed by atoms with E-state index in [0.717, 1.165) is 5.56 Å². The van der Waals surface area contributed by atoms with E-state index in [-0.39, 0.29) is 0 Å². The molecule has 4 heteroatoms. The molecular weight excluding hydrogens is 266 g/mol. The van der Waals surface area contributed by atoms with Gasteiger partial charge in [0.25, 0.3) is 11.7 Å². The van der Waals surface area contributed by atoms with Gasteiger partial charge in [0.1, 0.15) is 12.4 Å². The molecule has 0 atom stereocenters. The number of likely N-dealkylation sites (N-methyl/N-ethyl adjacent to an activating group) is 1. The first-order valence-corrected chi connectivity index (χ1v) is 6.71. The predicted molar refractivity (Wildman–Crippen MR) is 79.7 cm³/mol. The second kappa shape index (κ2) is 5.05. The molecule has 3 rings (SSSR count). The summed E-state index contributed by atoms with van der Waals surface area (Å²) >= 11 is 0. The summed E-state index contributed by atoms with van der Waals surface area (Å²) in [5.74, 6) is -0.388. The fourth-order valence-electron chi connectivity index (χ4n) is 2.42. The van der Waals surface area contributed by atoms with E-state index < -0.39 is 11.7 Å². The van der Waals surface area contributed by atoms with Gasteiger partial charge in [-0.25, -0.2) is 0 Å². The van der Waals surface area contributed by atoms with Gasteiger partial charge in [-0.1, -0.05) is 29.8 Å². The maximum absolute atomic E-state index is 11.8. The van der Waals surface area contributed by atoms with Crippen LogP contribution in [0.25, 0.3) is 0 Å². The lowest BCUT2D eigenvalue weighted by molar-refractivity contribution is -0.114. The lowest BCUT2D eigenvalue weighted by Gasteiger charge is -2.10. The number of amides is 1. The summed E-state index contributed by atoms with van der Waals surface area (Å²) in [6.07, 6.45) is 0. The monoisotopic (exact) mass is 281 g/mol. The number of carbonyl (C=O) groups excluding carboxylic acids is 2. The quantitative estimate of drug-likeness (QED) is 0.813. The minimum Gasteiger partial charge on any atom is -0.489 e. The summed E-state index contributed by atoms with van der Waals surface area (Å²) in [7, 11) is 1.60. The number of carbonyl (C=O) groups is 2. The van der Waals surface area contributed by atoms with Crippen LogP contribution < -0.4 is 9.64 Å². The highest BCUT2D eigenvalue weighted by molar-refractivity contribution is 6.52. The van der Waals surface area contributed by atoms with Gasteiger partial charge in [-0.2, -0.15) is 0 Å². The second-order valence-electron chi connectivity index (χ2n) is 5.15. The van der Waals surface area contributed by atoms with Gasteiger partial charge >= 0.3 is 0 Å². The third-order valence-electron chi connectivity index (χ3n) is 3.56. The Labute approximate surface area is 123 Å². The van der Waals surface area contributed by atoms with Crippen LogP contribution in [0.5, 0.6) is 5.75 Å². The largest absolute Gasteiger partial charge is 0.489 e. The van der Waals surface area contributed by atoms with Crippen LogP contribution in [0.4, 0.5) is 5.69 Å². The van der Waals surface area contributed by atoms with Crippen molar-refractivity contribution in [3.05, 3.63) is 59.2 Å². The summed E-state index contributed by atoms with van der Waals surface area (Å²) < 4.78 is 5.71. The number of Topliss-reactive ketones (excluding diaryl/α,β-unsaturated/α-hetero) is 1. The van der Waals surface area contributed by atoms with Crippen molar-refractivity contribution in [2.45, 2.75) is 13.5 Å². The fraction of sp³-hybridized carbons (Fsp3) is 0.176. The normalized spacial score (nSPS) is 13.5. The van der Waals surface area contributed by atoms with E-state index in [1.807, 2.05) is 25.1 Å². The van der Waals surface area contributed by atoms with Crippen LogP contribution in [0.15, 0.2) is 42.5 Å². The number of hydrogen-bond acceptors (Lipinski definition) is 3. The van der Waals surface area contributed by atoms with Gasteiger partial charge < -0.3 is 9.64 Å². The van der Waals surface area contributed by atoms with Gasteiger partial charge in [-0.05, 0) is 30.7 Å². The highest BCUT2D eigenvalue weighted by Crippen LogP contribution is 2.31. The van der Waals surface area contributed by atoms with Crippen LogP contribution in [0, 0.1) is 6.92 Å². The molecule has 2 aromatic carbocycles. The van der Waals surface area contributed by atoms with Gasteiger partial charge in [-0.3, -0.25) is 9.59 Å². The molecule has 0 saturated heterocycles. The summed E-state index contributed by atoms with van der Waals surface area (Å²) in [4.78, 5) is 24.8. The number of aryl methyl sites for hydroxylation is 1. The van der Waals surface area contributed by atoms with Crippen LogP contribution in [0.2, 0.25) is 0 Å². The summed E-state index contributed by atoms with van der Waals surface area (Å²) in [6.45, 7) is 2.46. The van der Waals surface area contributed by atoms with Gasteiger partial charge in [0, 0.05) is 7.05 Å². The minimum absolute atomic E-state index is 0.407. The van der Waals surface area contributed by atoms with Crippen LogP contribution in [-0.2, 0) is 11.4 Å². The first-order chi connectivity index (χ1) is 10.1. The molecular formula is C17H15NO3. The van der Waals surface area contributed by atoms with E-state index in [9.17, 15) is 9.59 Å². The Morgan fingerprint density at radius 3 is 2.67 bits per heavy atom. The van der Waals surface area contributed by atoms with Crippen LogP contribution in [-0.4, -0.2) is 18.7 Å². The third kappa shape index (κ3) is 2.40. The molecule has 1 amide bonds. The lowest BCUT2D eigenvalue weighted by atomic mass is 10.1. The molecule has 0 bridgehead atoms. The number of nitrogens with zero attached hydrogens (tertiary/aromatic N) is 1. The van der Waals surface area contributed by atoms with Crippen molar-refractivity contribution in [2.24, 2.45) is 0 Å². The number of anilines is 1. The smallest absolute Gasteiger partial charge is 0.299 e. The Kier molecular flexibility index (Phi) is 3.22. The molecule has 106 valence electrons. The number of ketones is 1. The fourth-order valence-corrected chi connectivity index (χ4v) is 2.42. The van der Waals surface area contributed by atoms with Gasteiger partial charge in [0.05, 0.1) is 11.3 Å². The second-order valence-corrected chi connectivity index (χ2v) is 5.15. The van der Waals surface area contributed by atoms with Crippen LogP contribution >= 0.6 is 0 Å². The van der Waals surface area contributed by atoms with E-state index in [4.69, 9.17) is 4.74 Å². The van der Waals surface area contributed by atoms with Crippen molar-refractivity contribution in [1.29, 1.82) is 0 Å². The van der Waals surface area contributed by atoms with E-state index in [1.54, 1.807) is 25.2 Å². The van der Waals surface area contributed by atoms with Gasteiger partial charge in [0.2, 0.25) is 0 Å². The van der Waals surface area contributed by atoms with Crippen LogP contribution in [0.3, 0.4) is 0 Å². The van der Waals surface area contributed by atoms with Crippen molar-refractivity contribution < 1.29 is 14.3 Å². The minimum atomic E-state index is -0.499. The molecule has 2 aromatic rings. The molecule has 1 aliphatic heterocycles. The standard InChI is InChI=1S/C17H15NO3/c1-11-4-3-5-12(8-11)10-21-13-6-7-15-14(9-13)16(19)17(20)18(15)2/h3-9H,10H2,1-2H3. The molecule has 4 nitrogen and oxygen atoms in total. The summed E-state index contributed by atoms with van der Waals surface area (Å²) in [6, 6.07) is 13.2. The van der Waals surface area contributed by atoms with Crippen LogP contribution in [0.1, 0.15) is 21.5 Å². The zero-order chi connectivity index (χ0) is 15.0. The molecule has 1 aliphatic rings. The summed E-state index contributed by atoms with van der Waals surface area (Å²) in [5, 5.41) is 0. The number of hydrogen-bond donors (Lipinski definition) is 0. The Hall–Kier alpha value is -2.62. The Morgan fingerprint density at radius 1 is 1.10 bits per heavy atom. The molecule has 0 unspecified atom stereocenters. The average Bonchev–Trinajstić information content (AvgIpc) is 2.70. The summed E-state index contributed by atoms with van der Waals surface area (Å²) in [5.41, 5.74) is 3.28. The highest BCUT2D eigenvalue weighted by Gasteiger charge is 2.33. The van der Waals surface area contributed by atoms with Crippen molar-refractivity contribution in [1.82, 2.24) is 0 Å². The number of rotatable bonds is 3. The average molecular weight is 281 g/mol. The van der Waals surface area contributed by atoms with Gasteiger partial charge in [-0.15, -0.1) is 0 Å². The zero-order valence-corrected chi connectivity index (χ0v) is 11.9. The first-order valence-electron chi connectivity index (χ1n) is 6.71. The zero-order valence-electron chi connectivity index (χ0n) is 11.9. The Bertz CT molecular complexity index is 737. The van der Waals surface area contributed by atoms with Gasteiger partial charge in [0.15, 0.2) is 0 Å². The SMILES string of the molecule is Cc1cccc(COc2ccc3c(c2)C(=O)C(=O)N3C)c1. The Morgan fingerprint density at radius 2 is 1.90 bits per heavy atom. The van der Waals surface area contributed by atoms with Crippen molar-refractivity contribution in [3.63, 3.8) is 0 Å². The number of benzene rings is 2. The highest BCUT2D eigenvalue weighted by atomic mass is 16.5. The Balaban J connectivity index is 1.80. The maximum atomic E-state index is 11.8. The molecule has 1 heterocycles. The maximum Gasteiger partial charge on any atom is 0.299 e. The molecule has 0 spiro atoms. The molecule has 0 radical (unpaired) electrons. The lowest BCUT2D eigenvalue weighted by Crippen LogP contribution is -2.24. The number of fused-ring (bicyclic) bond motifs is 1. The first kappa shape index (κ1) is 13.4. The molecule has 0 aromatic heterocycles. The number of ether oxygens (including phenoxy) is 1. The van der Waals surface area contributed by atoms with Crippen molar-refractivity contribution in [2.75, 3.05) is 11.9 Å². The van der Waals surface area contributed by atoms with E-state index >= 15 is 0 Å². The van der Waals surface area contributed by atoms with Crippen molar-refractivity contribution >= 4 is 17.4 Å². The topological polar surface area (TPSA) is 46.6 Å². The molecule has 0 saturated carbocycles. The predicted octanol–water partition coefficient (Wildman–Crippen LogP) is 2.73. The van der Waals surface area contributed by atoms with E-state index in [0.29, 0.717) is 23.6 Å². The van der Waals surface area contributed by atoms with E-state index in [1.165, 1.54) is 10.5 Å². The molecule has 0 fully saturated rings. The molecule has 0 aliphatic carbocycles. The van der Waals surface area contributed by atoms with Crippen molar-refractivity contribution in [3.8, 4) is 5.75 Å². The molecule has 0 N–H and O–H groups in total.